The highest BCUT2D eigenvalue weighted by Gasteiger charge is 2.18. The molecule has 3 rings (SSSR count). The van der Waals surface area contributed by atoms with Crippen molar-refractivity contribution in [3.63, 3.8) is 0 Å². The first-order chi connectivity index (χ1) is 12.5. The SMILES string of the molecule is O=S(=O)(O)CCCCn1n[n+](Cc2ccccc2)cc1-c1ccccc1. The fraction of sp³-hybridized carbons (Fsp3) is 0.263. The average Bonchev–Trinajstić information content (AvgIpc) is 3.02. The molecule has 7 heteroatoms. The van der Waals surface area contributed by atoms with Crippen LogP contribution in [-0.4, -0.2) is 28.6 Å². The maximum absolute atomic E-state index is 10.9. The molecule has 0 bridgehead atoms. The van der Waals surface area contributed by atoms with Gasteiger partial charge < -0.3 is 0 Å². The van der Waals surface area contributed by atoms with Gasteiger partial charge in [0, 0.05) is 5.56 Å². The minimum atomic E-state index is -3.91. The topological polar surface area (TPSA) is 76.1 Å². The second kappa shape index (κ2) is 8.25. The van der Waals surface area contributed by atoms with E-state index in [0.29, 0.717) is 25.9 Å². The van der Waals surface area contributed by atoms with Crippen LogP contribution in [0.25, 0.3) is 11.3 Å². The number of unbranched alkanes of at least 4 members (excludes halogenated alkanes) is 1. The summed E-state index contributed by atoms with van der Waals surface area (Å²) >= 11 is 0. The van der Waals surface area contributed by atoms with Crippen molar-refractivity contribution in [3.8, 4) is 11.3 Å². The zero-order valence-corrected chi connectivity index (χ0v) is 15.2. The van der Waals surface area contributed by atoms with Crippen LogP contribution in [0.1, 0.15) is 18.4 Å². The molecule has 3 aromatic rings. The number of aromatic nitrogens is 3. The normalized spacial score (nSPS) is 11.6. The van der Waals surface area contributed by atoms with Crippen molar-refractivity contribution in [2.24, 2.45) is 0 Å². The Morgan fingerprint density at radius 2 is 1.62 bits per heavy atom. The maximum atomic E-state index is 10.9. The van der Waals surface area contributed by atoms with Crippen molar-refractivity contribution in [2.45, 2.75) is 25.9 Å². The second-order valence-electron chi connectivity index (χ2n) is 6.17. The molecule has 0 spiro atoms. The third kappa shape index (κ3) is 5.24. The molecule has 6 nitrogen and oxygen atoms in total. The molecular formula is C19H22N3O3S+. The lowest BCUT2D eigenvalue weighted by Gasteiger charge is -2.00. The lowest BCUT2D eigenvalue weighted by atomic mass is 10.1. The molecule has 136 valence electrons. The van der Waals surface area contributed by atoms with E-state index in [0.717, 1.165) is 16.8 Å². The number of nitrogens with zero attached hydrogens (tertiary/aromatic N) is 3. The predicted molar refractivity (Wildman–Crippen MR) is 99.1 cm³/mol. The summed E-state index contributed by atoms with van der Waals surface area (Å²) in [7, 11) is -3.91. The number of benzene rings is 2. The van der Waals surface area contributed by atoms with Gasteiger partial charge >= 0.3 is 0 Å². The summed E-state index contributed by atoms with van der Waals surface area (Å²) in [5.41, 5.74) is 3.20. The molecule has 1 heterocycles. The first-order valence-electron chi connectivity index (χ1n) is 8.53. The molecule has 0 saturated carbocycles. The summed E-state index contributed by atoms with van der Waals surface area (Å²) in [6.45, 7) is 1.25. The molecule has 0 aliphatic rings. The first-order valence-corrected chi connectivity index (χ1v) is 10.1. The van der Waals surface area contributed by atoms with Crippen LogP contribution in [0.4, 0.5) is 0 Å². The van der Waals surface area contributed by atoms with Crippen LogP contribution >= 0.6 is 0 Å². The molecule has 2 aromatic carbocycles. The number of hydrogen-bond acceptors (Lipinski definition) is 3. The molecule has 1 aromatic heterocycles. The molecular weight excluding hydrogens is 350 g/mol. The minimum absolute atomic E-state index is 0.223. The number of rotatable bonds is 8. The van der Waals surface area contributed by atoms with E-state index in [1.54, 1.807) is 0 Å². The highest BCUT2D eigenvalue weighted by molar-refractivity contribution is 7.85. The lowest BCUT2D eigenvalue weighted by molar-refractivity contribution is -0.747. The molecule has 0 aliphatic heterocycles. The fourth-order valence-corrected chi connectivity index (χ4v) is 3.38. The van der Waals surface area contributed by atoms with Crippen LogP contribution in [0, 0.1) is 0 Å². The van der Waals surface area contributed by atoms with E-state index < -0.39 is 10.1 Å². The second-order valence-corrected chi connectivity index (χ2v) is 7.74. The van der Waals surface area contributed by atoms with E-state index in [1.165, 1.54) is 0 Å². The van der Waals surface area contributed by atoms with Crippen LogP contribution in [-0.2, 0) is 23.2 Å². The van der Waals surface area contributed by atoms with E-state index in [1.807, 2.05) is 64.1 Å². The lowest BCUT2D eigenvalue weighted by Crippen LogP contribution is -2.36. The van der Waals surface area contributed by atoms with Gasteiger partial charge in [0.2, 0.25) is 0 Å². The van der Waals surface area contributed by atoms with Crippen molar-refractivity contribution < 1.29 is 17.7 Å². The molecule has 0 unspecified atom stereocenters. The molecule has 1 N–H and O–H groups in total. The van der Waals surface area contributed by atoms with Crippen LogP contribution in [0.2, 0.25) is 0 Å². The quantitative estimate of drug-likeness (QED) is 0.375. The molecule has 0 saturated heterocycles. The zero-order chi connectivity index (χ0) is 18.4. The van der Waals surface area contributed by atoms with Gasteiger partial charge in [0.05, 0.1) is 11.0 Å². The summed E-state index contributed by atoms with van der Waals surface area (Å²) in [4.78, 5) is 0. The summed E-state index contributed by atoms with van der Waals surface area (Å²) in [6.07, 6.45) is 3.02. The van der Waals surface area contributed by atoms with Crippen LogP contribution in [0.15, 0.2) is 66.9 Å². The summed E-state index contributed by atoms with van der Waals surface area (Å²) in [5.74, 6) is -0.223. The third-order valence-electron chi connectivity index (χ3n) is 4.05. The van der Waals surface area contributed by atoms with Crippen LogP contribution in [0.5, 0.6) is 0 Å². The summed E-state index contributed by atoms with van der Waals surface area (Å²) in [6, 6.07) is 20.1. The van der Waals surface area contributed by atoms with Crippen molar-refractivity contribution in [1.82, 2.24) is 9.90 Å². The van der Waals surface area contributed by atoms with Gasteiger partial charge in [0.25, 0.3) is 10.1 Å². The Kier molecular flexibility index (Phi) is 5.80. The Balaban J connectivity index is 1.79. The van der Waals surface area contributed by atoms with Crippen molar-refractivity contribution >= 4 is 10.1 Å². The molecule has 0 aliphatic carbocycles. The van der Waals surface area contributed by atoms with Crippen molar-refractivity contribution in [1.29, 1.82) is 0 Å². The summed E-state index contributed by atoms with van der Waals surface area (Å²) in [5, 5.41) is 4.64. The molecule has 0 radical (unpaired) electrons. The largest absolute Gasteiger partial charge is 0.286 e. The van der Waals surface area contributed by atoms with Crippen molar-refractivity contribution in [2.75, 3.05) is 5.75 Å². The maximum Gasteiger partial charge on any atom is 0.264 e. The highest BCUT2D eigenvalue weighted by Crippen LogP contribution is 2.17. The van der Waals surface area contributed by atoms with Gasteiger partial charge in [-0.3, -0.25) is 4.55 Å². The zero-order valence-electron chi connectivity index (χ0n) is 14.4. The first kappa shape index (κ1) is 18.3. The van der Waals surface area contributed by atoms with Gasteiger partial charge in [-0.1, -0.05) is 60.7 Å². The molecule has 0 fully saturated rings. The highest BCUT2D eigenvalue weighted by atomic mass is 32.2. The van der Waals surface area contributed by atoms with Crippen molar-refractivity contribution in [3.05, 3.63) is 72.4 Å². The molecule has 0 atom stereocenters. The molecule has 0 amide bonds. The van der Waals surface area contributed by atoms with Gasteiger partial charge in [-0.25, -0.2) is 0 Å². The monoisotopic (exact) mass is 372 g/mol. The standard InChI is InChI=1S/C19H21N3O3S/c23-26(24,25)14-8-7-13-22-19(18-11-5-2-6-12-18)16-21(20-22)15-17-9-3-1-4-10-17/h1-6,9-12,16H,7-8,13-15H2/p+1. The number of aryl methyl sites for hydroxylation is 1. The molecule has 26 heavy (non-hydrogen) atoms. The van der Waals surface area contributed by atoms with E-state index in [2.05, 4.69) is 17.3 Å². The van der Waals surface area contributed by atoms with E-state index in [-0.39, 0.29) is 5.75 Å². The smallest absolute Gasteiger partial charge is 0.264 e. The van der Waals surface area contributed by atoms with E-state index in [4.69, 9.17) is 4.55 Å². The van der Waals surface area contributed by atoms with Gasteiger partial charge in [0.1, 0.15) is 13.1 Å². The Hall–Kier alpha value is -2.51. The van der Waals surface area contributed by atoms with Gasteiger partial charge in [-0.15, -0.1) is 9.36 Å². The third-order valence-corrected chi connectivity index (χ3v) is 4.86. The van der Waals surface area contributed by atoms with Crippen LogP contribution in [0.3, 0.4) is 0 Å². The van der Waals surface area contributed by atoms with Gasteiger partial charge in [0.15, 0.2) is 11.9 Å². The van der Waals surface area contributed by atoms with E-state index in [9.17, 15) is 8.42 Å². The van der Waals surface area contributed by atoms with Crippen LogP contribution < -0.4 is 4.68 Å². The predicted octanol–water partition coefficient (Wildman–Crippen LogP) is 2.55. The van der Waals surface area contributed by atoms with Gasteiger partial charge in [-0.2, -0.15) is 8.42 Å². The number of hydrogen-bond donors (Lipinski definition) is 1. The Morgan fingerprint density at radius 3 is 2.27 bits per heavy atom. The average molecular weight is 372 g/mol. The van der Waals surface area contributed by atoms with E-state index >= 15 is 0 Å². The minimum Gasteiger partial charge on any atom is -0.286 e. The fourth-order valence-electron chi connectivity index (χ4n) is 2.81. The summed E-state index contributed by atoms with van der Waals surface area (Å²) < 4.78 is 34.4. The Labute approximate surface area is 153 Å². The van der Waals surface area contributed by atoms with Gasteiger partial charge in [-0.05, 0) is 18.4 Å². The Bertz CT molecular complexity index is 939. The Morgan fingerprint density at radius 1 is 0.962 bits per heavy atom.